The first-order valence-electron chi connectivity index (χ1n) is 10.9. The molecule has 1 aromatic carbocycles. The summed E-state index contributed by atoms with van der Waals surface area (Å²) in [7, 11) is 0. The zero-order chi connectivity index (χ0) is 22.3. The number of carbonyl (C=O) groups excluding carboxylic acids is 3. The number of ether oxygens (including phenoxy) is 3. The third-order valence-corrected chi connectivity index (χ3v) is 6.49. The largest absolute Gasteiger partial charge is 0.475 e. The minimum atomic E-state index is -1.30. The molecule has 31 heavy (non-hydrogen) atoms. The Hall–Kier alpha value is -2.61. The van der Waals surface area contributed by atoms with E-state index in [0.29, 0.717) is 30.3 Å². The van der Waals surface area contributed by atoms with Gasteiger partial charge in [-0.2, -0.15) is 0 Å². The van der Waals surface area contributed by atoms with Crippen molar-refractivity contribution in [3.05, 3.63) is 22.3 Å². The van der Waals surface area contributed by atoms with Crippen molar-refractivity contribution in [3.8, 4) is 11.5 Å². The van der Waals surface area contributed by atoms with Crippen molar-refractivity contribution in [3.63, 3.8) is 0 Å². The van der Waals surface area contributed by atoms with Crippen LogP contribution in [0.4, 0.5) is 0 Å². The van der Waals surface area contributed by atoms with Crippen LogP contribution < -0.4 is 9.47 Å². The summed E-state index contributed by atoms with van der Waals surface area (Å²) in [5.41, 5.74) is 2.50. The van der Waals surface area contributed by atoms with E-state index < -0.39 is 23.4 Å². The minimum absolute atomic E-state index is 0.0531. The van der Waals surface area contributed by atoms with E-state index >= 15 is 0 Å². The van der Waals surface area contributed by atoms with Gasteiger partial charge in [0.2, 0.25) is 5.60 Å². The number of amides is 2. The lowest BCUT2D eigenvalue weighted by atomic mass is 9.87. The lowest BCUT2D eigenvalue weighted by Crippen LogP contribution is -2.49. The monoisotopic (exact) mass is 431 g/mol. The maximum Gasteiger partial charge on any atom is 0.376 e. The van der Waals surface area contributed by atoms with Crippen molar-refractivity contribution in [2.24, 2.45) is 0 Å². The lowest BCUT2D eigenvalue weighted by Gasteiger charge is -2.37. The molecule has 0 aliphatic carbocycles. The van der Waals surface area contributed by atoms with Crippen molar-refractivity contribution in [2.75, 3.05) is 6.61 Å². The zero-order valence-electron chi connectivity index (χ0n) is 18.5. The van der Waals surface area contributed by atoms with Crippen LogP contribution in [0.5, 0.6) is 11.5 Å². The first-order chi connectivity index (χ1) is 14.7. The summed E-state index contributed by atoms with van der Waals surface area (Å²) in [6.07, 6.45) is 3.80. The molecular weight excluding hydrogens is 402 g/mol. The number of hydrogen-bond donors (Lipinski definition) is 0. The van der Waals surface area contributed by atoms with E-state index in [1.807, 2.05) is 20.8 Å². The van der Waals surface area contributed by atoms with Gasteiger partial charge in [-0.3, -0.25) is 9.59 Å². The van der Waals surface area contributed by atoms with Crippen molar-refractivity contribution in [1.82, 2.24) is 5.06 Å². The Balaban J connectivity index is 1.58. The van der Waals surface area contributed by atoms with Crippen LogP contribution in [0.1, 0.15) is 67.7 Å². The van der Waals surface area contributed by atoms with Crippen LogP contribution >= 0.6 is 0 Å². The summed E-state index contributed by atoms with van der Waals surface area (Å²) in [5, 5.41) is 0.566. The number of nitrogens with zero attached hydrogens (tertiary/aromatic N) is 1. The molecular formula is C23H29NO7. The third kappa shape index (κ3) is 3.89. The van der Waals surface area contributed by atoms with E-state index in [-0.39, 0.29) is 19.1 Å². The van der Waals surface area contributed by atoms with Gasteiger partial charge in [0.05, 0.1) is 6.61 Å². The molecule has 3 aliphatic rings. The second kappa shape index (κ2) is 8.15. The second-order valence-corrected chi connectivity index (χ2v) is 8.72. The molecule has 2 fully saturated rings. The first-order valence-corrected chi connectivity index (χ1v) is 10.9. The number of rotatable bonds is 4. The number of carbonyl (C=O) groups is 3. The van der Waals surface area contributed by atoms with Gasteiger partial charge in [0.25, 0.3) is 11.8 Å². The van der Waals surface area contributed by atoms with Crippen LogP contribution in [0, 0.1) is 20.8 Å². The third-order valence-electron chi connectivity index (χ3n) is 6.49. The van der Waals surface area contributed by atoms with E-state index in [1.165, 1.54) is 0 Å². The molecule has 0 N–H and O–H groups in total. The summed E-state index contributed by atoms with van der Waals surface area (Å²) in [6, 6.07) is 0. The molecule has 1 aromatic rings. The van der Waals surface area contributed by atoms with E-state index in [2.05, 4.69) is 0 Å². The van der Waals surface area contributed by atoms with Gasteiger partial charge in [0.15, 0.2) is 6.29 Å². The average Bonchev–Trinajstić information content (AvgIpc) is 3.08. The normalized spacial score (nSPS) is 25.8. The van der Waals surface area contributed by atoms with Gasteiger partial charge in [-0.25, -0.2) is 4.79 Å². The van der Waals surface area contributed by atoms with Crippen molar-refractivity contribution >= 4 is 17.8 Å². The average molecular weight is 431 g/mol. The number of hydroxylamine groups is 2. The molecule has 8 nitrogen and oxygen atoms in total. The summed E-state index contributed by atoms with van der Waals surface area (Å²) < 4.78 is 18.2. The zero-order valence-corrected chi connectivity index (χ0v) is 18.5. The Bertz CT molecular complexity index is 919. The van der Waals surface area contributed by atoms with E-state index in [0.717, 1.165) is 47.3 Å². The molecule has 3 aliphatic heterocycles. The molecule has 3 heterocycles. The topological polar surface area (TPSA) is 91.4 Å². The predicted octanol–water partition coefficient (Wildman–Crippen LogP) is 3.21. The highest BCUT2D eigenvalue weighted by Crippen LogP contribution is 2.44. The molecule has 4 rings (SSSR count). The van der Waals surface area contributed by atoms with Gasteiger partial charge in [0, 0.05) is 31.2 Å². The molecule has 0 saturated carbocycles. The van der Waals surface area contributed by atoms with Crippen LogP contribution in [0.3, 0.4) is 0 Å². The van der Waals surface area contributed by atoms with Gasteiger partial charge in [-0.05, 0) is 63.6 Å². The highest BCUT2D eigenvalue weighted by atomic mass is 16.7. The van der Waals surface area contributed by atoms with E-state index in [1.54, 1.807) is 6.92 Å². The fourth-order valence-electron chi connectivity index (χ4n) is 4.33. The van der Waals surface area contributed by atoms with Crippen molar-refractivity contribution in [2.45, 2.75) is 84.5 Å². The molecule has 1 unspecified atom stereocenters. The fourth-order valence-corrected chi connectivity index (χ4v) is 4.33. The van der Waals surface area contributed by atoms with Crippen LogP contribution in [0.15, 0.2) is 0 Å². The van der Waals surface area contributed by atoms with Crippen molar-refractivity contribution < 1.29 is 33.4 Å². The standard InChI is InChI=1S/C23H29NO7/c1-13-14(2)21-16(15(3)20(13)29-19-7-5-6-12-28-19)10-11-23(4,30-21)22(27)31-24-17(25)8-9-18(24)26/h19H,5-12H2,1-4H3/t19?,23-/m0/s1. The number of hydrogen-bond acceptors (Lipinski definition) is 7. The Morgan fingerprint density at radius 3 is 2.39 bits per heavy atom. The summed E-state index contributed by atoms with van der Waals surface area (Å²) in [5.74, 6) is -0.309. The molecule has 0 bridgehead atoms. The fraction of sp³-hybridized carbons (Fsp3) is 0.609. The van der Waals surface area contributed by atoms with E-state index in [9.17, 15) is 14.4 Å². The Morgan fingerprint density at radius 1 is 1.03 bits per heavy atom. The van der Waals surface area contributed by atoms with E-state index in [4.69, 9.17) is 19.0 Å². The molecule has 2 saturated heterocycles. The molecule has 0 spiro atoms. The second-order valence-electron chi connectivity index (χ2n) is 8.72. The quantitative estimate of drug-likeness (QED) is 0.676. The number of fused-ring (bicyclic) bond motifs is 1. The molecule has 2 atom stereocenters. The predicted molar refractivity (Wildman–Crippen MR) is 109 cm³/mol. The minimum Gasteiger partial charge on any atom is -0.475 e. The smallest absolute Gasteiger partial charge is 0.376 e. The maximum absolute atomic E-state index is 12.9. The Kier molecular flexibility index (Phi) is 5.68. The Morgan fingerprint density at radius 2 is 1.74 bits per heavy atom. The van der Waals surface area contributed by atoms with Gasteiger partial charge < -0.3 is 19.0 Å². The Labute approximate surface area is 181 Å². The van der Waals surface area contributed by atoms with Gasteiger partial charge in [-0.1, -0.05) is 0 Å². The highest BCUT2D eigenvalue weighted by molar-refractivity contribution is 6.02. The van der Waals surface area contributed by atoms with Crippen LogP contribution in [-0.2, 0) is 30.4 Å². The summed E-state index contributed by atoms with van der Waals surface area (Å²) in [4.78, 5) is 41.6. The van der Waals surface area contributed by atoms with Crippen LogP contribution in [0.2, 0.25) is 0 Å². The molecule has 2 amide bonds. The summed E-state index contributed by atoms with van der Waals surface area (Å²) in [6.45, 7) is 8.24. The van der Waals surface area contributed by atoms with Gasteiger partial charge >= 0.3 is 5.97 Å². The lowest BCUT2D eigenvalue weighted by molar-refractivity contribution is -0.208. The molecule has 168 valence electrons. The molecule has 0 aromatic heterocycles. The first kappa shape index (κ1) is 21.6. The summed E-state index contributed by atoms with van der Waals surface area (Å²) >= 11 is 0. The molecule has 8 heteroatoms. The van der Waals surface area contributed by atoms with Gasteiger partial charge in [0.1, 0.15) is 11.5 Å². The SMILES string of the molecule is Cc1c(C)c2c(c(C)c1OC1CCCCO1)CC[C@@](C)(C(=O)ON1C(=O)CCC1=O)O2. The molecule has 0 radical (unpaired) electrons. The van der Waals surface area contributed by atoms with Crippen LogP contribution in [0.25, 0.3) is 0 Å². The van der Waals surface area contributed by atoms with Crippen LogP contribution in [-0.4, -0.2) is 41.3 Å². The maximum atomic E-state index is 12.9. The van der Waals surface area contributed by atoms with Crippen molar-refractivity contribution in [1.29, 1.82) is 0 Å². The van der Waals surface area contributed by atoms with Gasteiger partial charge in [-0.15, -0.1) is 5.06 Å². The number of benzene rings is 1. The highest BCUT2D eigenvalue weighted by Gasteiger charge is 2.45. The number of imide groups is 1.